The van der Waals surface area contributed by atoms with E-state index in [1.165, 1.54) is 24.3 Å². The smallest absolute Gasteiger partial charge is 0.280 e. The van der Waals surface area contributed by atoms with Gasteiger partial charge in [0.1, 0.15) is 17.4 Å². The first-order valence-corrected chi connectivity index (χ1v) is 14.7. The van der Waals surface area contributed by atoms with E-state index < -0.39 is 68.3 Å². The standard InChI is InChI=1S/C28H25ClF4N2O5S/c29-19-8-4-14(27(37)34-17-7-9-20(30)21(31)13-17)10-24(19)41(39,40)18-11-15-5-6-16(12-18)28(15,38)25(36)22-2-1-3-23(35-22)26(32)33/h1-4,7-10,13,15-16,18,25-26,36,38H,5-6,11-12H2,(H,34,37)/t15-,16?,18-,25?,28-/m0/s1. The molecule has 7 nitrogen and oxygen atoms in total. The molecular weight excluding hydrogens is 588 g/mol. The number of sulfone groups is 1. The lowest BCUT2D eigenvalue weighted by Crippen LogP contribution is -2.52. The molecule has 0 aliphatic heterocycles. The van der Waals surface area contributed by atoms with Crippen LogP contribution in [0.5, 0.6) is 0 Å². The summed E-state index contributed by atoms with van der Waals surface area (Å²) in [6, 6.07) is 10.2. The molecule has 3 N–H and O–H groups in total. The summed E-state index contributed by atoms with van der Waals surface area (Å²) >= 11 is 6.26. The molecule has 5 rings (SSSR count). The summed E-state index contributed by atoms with van der Waals surface area (Å²) in [7, 11) is -4.15. The van der Waals surface area contributed by atoms with Crippen LogP contribution in [0, 0.1) is 23.5 Å². The second-order valence-corrected chi connectivity index (χ2v) is 13.0. The fourth-order valence-electron chi connectivity index (χ4n) is 6.04. The number of nitrogens with one attached hydrogen (secondary N) is 1. The summed E-state index contributed by atoms with van der Waals surface area (Å²) in [5.74, 6) is -4.39. The van der Waals surface area contributed by atoms with E-state index >= 15 is 0 Å². The summed E-state index contributed by atoms with van der Waals surface area (Å²) < 4.78 is 80.6. The number of amides is 1. The molecule has 2 aliphatic rings. The Hall–Kier alpha value is -3.06. The number of alkyl halides is 2. The molecule has 2 unspecified atom stereocenters. The molecule has 1 heterocycles. The second-order valence-electron chi connectivity index (χ2n) is 10.4. The predicted molar refractivity (Wildman–Crippen MR) is 141 cm³/mol. The third-order valence-electron chi connectivity index (χ3n) is 8.12. The van der Waals surface area contributed by atoms with Crippen molar-refractivity contribution in [3.05, 3.63) is 88.2 Å². The molecule has 1 aromatic heterocycles. The van der Waals surface area contributed by atoms with Crippen LogP contribution in [-0.4, -0.2) is 40.4 Å². The highest BCUT2D eigenvalue weighted by atomic mass is 35.5. The Morgan fingerprint density at radius 3 is 2.29 bits per heavy atom. The summed E-state index contributed by atoms with van der Waals surface area (Å²) in [6.07, 6.45) is -3.74. The maximum atomic E-state index is 13.8. The number of pyridine rings is 1. The van der Waals surface area contributed by atoms with E-state index in [0.29, 0.717) is 12.8 Å². The minimum atomic E-state index is -4.15. The zero-order valence-electron chi connectivity index (χ0n) is 21.3. The second kappa shape index (κ2) is 11.0. The third-order valence-corrected chi connectivity index (χ3v) is 10.8. The van der Waals surface area contributed by atoms with Crippen molar-refractivity contribution in [1.29, 1.82) is 0 Å². The Bertz CT molecular complexity index is 1590. The monoisotopic (exact) mass is 612 g/mol. The van der Waals surface area contributed by atoms with Crippen LogP contribution < -0.4 is 5.32 Å². The maximum Gasteiger partial charge on any atom is 0.280 e. The van der Waals surface area contributed by atoms with Gasteiger partial charge in [-0.05, 0) is 80.0 Å². The molecular formula is C28H25ClF4N2O5S. The largest absolute Gasteiger partial charge is 0.386 e. The quantitative estimate of drug-likeness (QED) is 0.298. The molecule has 2 fully saturated rings. The summed E-state index contributed by atoms with van der Waals surface area (Å²) in [5, 5.41) is 23.9. The van der Waals surface area contributed by atoms with Crippen LogP contribution in [0.4, 0.5) is 23.2 Å². The van der Waals surface area contributed by atoms with Gasteiger partial charge in [0, 0.05) is 17.3 Å². The van der Waals surface area contributed by atoms with Gasteiger partial charge in [-0.1, -0.05) is 17.7 Å². The lowest BCUT2D eigenvalue weighted by atomic mass is 9.70. The molecule has 0 radical (unpaired) electrons. The van der Waals surface area contributed by atoms with E-state index in [9.17, 15) is 41.0 Å². The van der Waals surface area contributed by atoms with Gasteiger partial charge in [0.15, 0.2) is 21.5 Å². The lowest BCUT2D eigenvalue weighted by molar-refractivity contribution is -0.146. The number of aliphatic hydroxyl groups excluding tert-OH is 1. The number of fused-ring (bicyclic) bond motifs is 2. The van der Waals surface area contributed by atoms with E-state index in [1.54, 1.807) is 0 Å². The van der Waals surface area contributed by atoms with Gasteiger partial charge in [-0.15, -0.1) is 0 Å². The number of aromatic nitrogens is 1. The van der Waals surface area contributed by atoms with Gasteiger partial charge in [-0.25, -0.2) is 31.0 Å². The Balaban J connectivity index is 1.38. The first-order chi connectivity index (χ1) is 19.3. The minimum Gasteiger partial charge on any atom is -0.386 e. The van der Waals surface area contributed by atoms with Gasteiger partial charge >= 0.3 is 0 Å². The van der Waals surface area contributed by atoms with Crippen molar-refractivity contribution in [2.75, 3.05) is 5.32 Å². The number of benzene rings is 2. The number of aliphatic hydroxyl groups is 2. The van der Waals surface area contributed by atoms with Crippen molar-refractivity contribution in [2.45, 2.75) is 54.0 Å². The van der Waals surface area contributed by atoms with Crippen LogP contribution in [0.2, 0.25) is 5.02 Å². The van der Waals surface area contributed by atoms with Crippen LogP contribution in [0.3, 0.4) is 0 Å². The maximum absolute atomic E-state index is 13.8. The minimum absolute atomic E-state index is 0.0384. The molecule has 2 saturated carbocycles. The van der Waals surface area contributed by atoms with Crippen LogP contribution in [0.1, 0.15) is 60.0 Å². The molecule has 2 aliphatic carbocycles. The lowest BCUT2D eigenvalue weighted by Gasteiger charge is -2.45. The van der Waals surface area contributed by atoms with Crippen LogP contribution in [-0.2, 0) is 9.84 Å². The number of halogens is 5. The molecule has 2 bridgehead atoms. The molecule has 3 aromatic rings. The number of hydrogen-bond donors (Lipinski definition) is 3. The molecule has 13 heteroatoms. The normalized spacial score (nSPS) is 24.8. The van der Waals surface area contributed by atoms with Gasteiger partial charge in [0.2, 0.25) is 0 Å². The topological polar surface area (TPSA) is 117 Å². The molecule has 0 saturated heterocycles. The van der Waals surface area contributed by atoms with Gasteiger partial charge in [-0.3, -0.25) is 4.79 Å². The summed E-state index contributed by atoms with van der Waals surface area (Å²) in [6.45, 7) is 0. The van der Waals surface area contributed by atoms with Crippen LogP contribution >= 0.6 is 11.6 Å². The zero-order chi connectivity index (χ0) is 29.7. The number of rotatable bonds is 7. The Labute approximate surface area is 238 Å². The van der Waals surface area contributed by atoms with E-state index in [0.717, 1.165) is 30.3 Å². The molecule has 1 amide bonds. The Morgan fingerprint density at radius 2 is 1.66 bits per heavy atom. The van der Waals surface area contributed by atoms with Crippen molar-refractivity contribution >= 4 is 33.0 Å². The zero-order valence-corrected chi connectivity index (χ0v) is 22.8. The average Bonchev–Trinajstić information content (AvgIpc) is 3.10. The Morgan fingerprint density at radius 1 is 1.00 bits per heavy atom. The third kappa shape index (κ3) is 5.33. The first kappa shape index (κ1) is 29.4. The highest BCUT2D eigenvalue weighted by Crippen LogP contribution is 2.56. The first-order valence-electron chi connectivity index (χ1n) is 12.8. The van der Waals surface area contributed by atoms with Gasteiger partial charge in [-0.2, -0.15) is 0 Å². The highest BCUT2D eigenvalue weighted by molar-refractivity contribution is 7.92. The number of hydrogen-bond acceptors (Lipinski definition) is 6. The molecule has 218 valence electrons. The van der Waals surface area contributed by atoms with E-state index in [4.69, 9.17) is 11.6 Å². The molecule has 0 spiro atoms. The van der Waals surface area contributed by atoms with Crippen molar-refractivity contribution < 1.29 is 41.0 Å². The van der Waals surface area contributed by atoms with Gasteiger partial charge in [0.05, 0.1) is 20.9 Å². The predicted octanol–water partition coefficient (Wildman–Crippen LogP) is 5.63. The molecule has 2 aromatic carbocycles. The van der Waals surface area contributed by atoms with Crippen LogP contribution in [0.25, 0.3) is 0 Å². The summed E-state index contributed by atoms with van der Waals surface area (Å²) in [5.41, 5.74) is -2.56. The van der Waals surface area contributed by atoms with Crippen molar-refractivity contribution in [2.24, 2.45) is 11.8 Å². The van der Waals surface area contributed by atoms with Crippen molar-refractivity contribution in [3.63, 3.8) is 0 Å². The Kier molecular flexibility index (Phi) is 7.88. The van der Waals surface area contributed by atoms with E-state index in [2.05, 4.69) is 10.3 Å². The van der Waals surface area contributed by atoms with E-state index in [1.807, 2.05) is 0 Å². The number of carbonyl (C=O) groups is 1. The van der Waals surface area contributed by atoms with Crippen LogP contribution in [0.15, 0.2) is 59.5 Å². The number of nitrogens with zero attached hydrogens (tertiary/aromatic N) is 1. The van der Waals surface area contributed by atoms with Gasteiger partial charge < -0.3 is 15.5 Å². The average molecular weight is 613 g/mol. The van der Waals surface area contributed by atoms with Gasteiger partial charge in [0.25, 0.3) is 12.3 Å². The van der Waals surface area contributed by atoms with E-state index in [-0.39, 0.29) is 39.7 Å². The number of carbonyl (C=O) groups excluding carboxylic acids is 1. The SMILES string of the molecule is O=C(Nc1ccc(F)c(F)c1)c1ccc(Cl)c(S(=O)(=O)[C@@H]2CC3CC[C@@H](C2)[C@@]3(O)C(O)c2cccc(C(F)F)n2)c1. The highest BCUT2D eigenvalue weighted by Gasteiger charge is 2.59. The molecule has 5 atom stereocenters. The molecule has 41 heavy (non-hydrogen) atoms. The fraction of sp³-hybridized carbons (Fsp3) is 0.357. The summed E-state index contributed by atoms with van der Waals surface area (Å²) in [4.78, 5) is 16.3. The fourth-order valence-corrected chi connectivity index (χ4v) is 8.44. The van der Waals surface area contributed by atoms with Crippen molar-refractivity contribution in [3.8, 4) is 0 Å². The van der Waals surface area contributed by atoms with Crippen molar-refractivity contribution in [1.82, 2.24) is 4.98 Å². The number of anilines is 1.